The molecule has 2 bridgehead atoms. The standard InChI is InChI=1S/C16H21NO/c18-16(9-14-2-1-3-15(10-16)17-14)13-7-6-11-4-5-12(11)8-13/h6-8,14-15,17-18H,1-5,9-10H2. The van der Waals surface area contributed by atoms with Crippen molar-refractivity contribution in [2.75, 3.05) is 0 Å². The number of hydrogen-bond acceptors (Lipinski definition) is 2. The molecule has 1 aliphatic carbocycles. The van der Waals surface area contributed by atoms with Crippen molar-refractivity contribution in [2.24, 2.45) is 0 Å². The Morgan fingerprint density at radius 3 is 2.39 bits per heavy atom. The molecule has 96 valence electrons. The minimum absolute atomic E-state index is 0.522. The topological polar surface area (TPSA) is 32.3 Å². The molecule has 3 aliphatic rings. The highest BCUT2D eigenvalue weighted by atomic mass is 16.3. The van der Waals surface area contributed by atoms with Crippen molar-refractivity contribution in [3.8, 4) is 0 Å². The molecular weight excluding hydrogens is 222 g/mol. The summed E-state index contributed by atoms with van der Waals surface area (Å²) >= 11 is 0. The third-order valence-corrected chi connectivity index (χ3v) is 5.15. The van der Waals surface area contributed by atoms with Crippen LogP contribution in [0.4, 0.5) is 0 Å². The number of benzene rings is 1. The molecule has 0 spiro atoms. The maximum absolute atomic E-state index is 11.0. The second-order valence-electron chi connectivity index (χ2n) is 6.41. The van der Waals surface area contributed by atoms with Crippen molar-refractivity contribution >= 4 is 0 Å². The van der Waals surface area contributed by atoms with Gasteiger partial charge in [-0.15, -0.1) is 0 Å². The van der Waals surface area contributed by atoms with Crippen LogP contribution in [0.2, 0.25) is 0 Å². The van der Waals surface area contributed by atoms with E-state index >= 15 is 0 Å². The Morgan fingerprint density at radius 2 is 1.78 bits per heavy atom. The first-order valence-corrected chi connectivity index (χ1v) is 7.34. The van der Waals surface area contributed by atoms with Gasteiger partial charge >= 0.3 is 0 Å². The summed E-state index contributed by atoms with van der Waals surface area (Å²) in [6, 6.07) is 7.70. The molecule has 0 amide bonds. The minimum atomic E-state index is -0.578. The van der Waals surface area contributed by atoms with E-state index in [1.165, 1.54) is 48.8 Å². The molecule has 2 heteroatoms. The molecule has 1 aromatic rings. The van der Waals surface area contributed by atoms with Crippen LogP contribution >= 0.6 is 0 Å². The van der Waals surface area contributed by atoms with Gasteiger partial charge in [-0.1, -0.05) is 24.6 Å². The predicted octanol–water partition coefficient (Wildman–Crippen LogP) is 2.28. The van der Waals surface area contributed by atoms with Crippen LogP contribution in [0.15, 0.2) is 18.2 Å². The second-order valence-corrected chi connectivity index (χ2v) is 6.41. The Bertz CT molecular complexity index is 470. The van der Waals surface area contributed by atoms with E-state index in [2.05, 4.69) is 23.5 Å². The van der Waals surface area contributed by atoms with Crippen molar-refractivity contribution in [1.29, 1.82) is 0 Å². The normalized spacial score (nSPS) is 37.8. The van der Waals surface area contributed by atoms with E-state index < -0.39 is 5.60 Å². The third kappa shape index (κ3) is 1.63. The molecule has 2 heterocycles. The minimum Gasteiger partial charge on any atom is -0.385 e. The molecule has 1 aromatic carbocycles. The highest BCUT2D eigenvalue weighted by Gasteiger charge is 2.42. The average Bonchev–Trinajstić information content (AvgIpc) is 2.30. The zero-order valence-electron chi connectivity index (χ0n) is 10.8. The molecule has 0 radical (unpaired) electrons. The highest BCUT2D eigenvalue weighted by Crippen LogP contribution is 2.40. The average molecular weight is 243 g/mol. The Kier molecular flexibility index (Phi) is 2.33. The maximum Gasteiger partial charge on any atom is 0.0926 e. The van der Waals surface area contributed by atoms with Gasteiger partial charge in [0.2, 0.25) is 0 Å². The molecule has 0 saturated carbocycles. The molecule has 2 unspecified atom stereocenters. The quantitative estimate of drug-likeness (QED) is 0.793. The van der Waals surface area contributed by atoms with Crippen molar-refractivity contribution < 1.29 is 5.11 Å². The Balaban J connectivity index is 1.67. The smallest absolute Gasteiger partial charge is 0.0926 e. The van der Waals surface area contributed by atoms with Gasteiger partial charge in [0.25, 0.3) is 0 Å². The molecule has 2 N–H and O–H groups in total. The number of hydrogen-bond donors (Lipinski definition) is 2. The van der Waals surface area contributed by atoms with Gasteiger partial charge in [0, 0.05) is 12.1 Å². The Hall–Kier alpha value is -0.860. The van der Waals surface area contributed by atoms with E-state index in [0.29, 0.717) is 12.1 Å². The van der Waals surface area contributed by atoms with Gasteiger partial charge in [0.05, 0.1) is 5.60 Å². The lowest BCUT2D eigenvalue weighted by Crippen LogP contribution is -2.54. The van der Waals surface area contributed by atoms with Crippen LogP contribution in [0.25, 0.3) is 0 Å². The summed E-state index contributed by atoms with van der Waals surface area (Å²) < 4.78 is 0. The summed E-state index contributed by atoms with van der Waals surface area (Å²) in [5.41, 5.74) is 3.53. The predicted molar refractivity (Wildman–Crippen MR) is 71.5 cm³/mol. The summed E-state index contributed by atoms with van der Waals surface area (Å²) in [6.07, 6.45) is 7.98. The van der Waals surface area contributed by atoms with Gasteiger partial charge in [-0.05, 0) is 55.2 Å². The van der Waals surface area contributed by atoms with Crippen molar-refractivity contribution in [3.63, 3.8) is 0 Å². The van der Waals surface area contributed by atoms with E-state index in [4.69, 9.17) is 0 Å². The largest absolute Gasteiger partial charge is 0.385 e. The van der Waals surface area contributed by atoms with Gasteiger partial charge < -0.3 is 10.4 Å². The Morgan fingerprint density at radius 1 is 1.06 bits per heavy atom. The lowest BCUT2D eigenvalue weighted by molar-refractivity contribution is -0.0359. The van der Waals surface area contributed by atoms with Crippen LogP contribution < -0.4 is 5.32 Å². The van der Waals surface area contributed by atoms with Gasteiger partial charge in [-0.25, -0.2) is 0 Å². The molecule has 0 aromatic heterocycles. The molecule has 2 saturated heterocycles. The van der Waals surface area contributed by atoms with Gasteiger partial charge in [-0.3, -0.25) is 0 Å². The Labute approximate surface area is 108 Å². The lowest BCUT2D eigenvalue weighted by Gasteiger charge is -2.45. The molecule has 2 fully saturated rings. The van der Waals surface area contributed by atoms with Crippen LogP contribution in [0, 0.1) is 0 Å². The SMILES string of the molecule is OC1(c2ccc3c(c2)CC3)CC2CCCC(C1)N2. The number of rotatable bonds is 1. The third-order valence-electron chi connectivity index (χ3n) is 5.15. The second kappa shape index (κ2) is 3.82. The molecule has 2 aliphatic heterocycles. The van der Waals surface area contributed by atoms with Crippen molar-refractivity contribution in [2.45, 2.75) is 62.6 Å². The summed E-state index contributed by atoms with van der Waals surface area (Å²) in [5, 5.41) is 14.7. The molecule has 4 rings (SSSR count). The van der Waals surface area contributed by atoms with Crippen LogP contribution in [-0.2, 0) is 18.4 Å². The summed E-state index contributed by atoms with van der Waals surface area (Å²) in [4.78, 5) is 0. The van der Waals surface area contributed by atoms with E-state index in [9.17, 15) is 5.11 Å². The van der Waals surface area contributed by atoms with E-state index in [1.807, 2.05) is 0 Å². The summed E-state index contributed by atoms with van der Waals surface area (Å²) in [6.45, 7) is 0. The fourth-order valence-electron chi connectivity index (χ4n) is 4.05. The van der Waals surface area contributed by atoms with Crippen LogP contribution in [0.5, 0.6) is 0 Å². The number of aliphatic hydroxyl groups is 1. The van der Waals surface area contributed by atoms with Crippen LogP contribution in [-0.4, -0.2) is 17.2 Å². The number of nitrogens with one attached hydrogen (secondary N) is 1. The van der Waals surface area contributed by atoms with Gasteiger partial charge in [0.1, 0.15) is 0 Å². The van der Waals surface area contributed by atoms with E-state index in [0.717, 1.165) is 12.8 Å². The fraction of sp³-hybridized carbons (Fsp3) is 0.625. The maximum atomic E-state index is 11.0. The highest BCUT2D eigenvalue weighted by molar-refractivity contribution is 5.41. The molecule has 2 atom stereocenters. The van der Waals surface area contributed by atoms with Crippen LogP contribution in [0.1, 0.15) is 48.8 Å². The van der Waals surface area contributed by atoms with E-state index in [-0.39, 0.29) is 0 Å². The van der Waals surface area contributed by atoms with E-state index in [1.54, 1.807) is 0 Å². The molecule has 2 nitrogen and oxygen atoms in total. The van der Waals surface area contributed by atoms with Gasteiger partial charge in [0.15, 0.2) is 0 Å². The monoisotopic (exact) mass is 243 g/mol. The first-order chi connectivity index (χ1) is 8.73. The number of fused-ring (bicyclic) bond motifs is 3. The van der Waals surface area contributed by atoms with Crippen molar-refractivity contribution in [3.05, 3.63) is 34.9 Å². The summed E-state index contributed by atoms with van der Waals surface area (Å²) in [7, 11) is 0. The number of aryl methyl sites for hydroxylation is 2. The van der Waals surface area contributed by atoms with Crippen LogP contribution in [0.3, 0.4) is 0 Å². The zero-order chi connectivity index (χ0) is 12.2. The van der Waals surface area contributed by atoms with Crippen molar-refractivity contribution in [1.82, 2.24) is 5.32 Å². The lowest BCUT2D eigenvalue weighted by atomic mass is 9.72. The fourth-order valence-corrected chi connectivity index (χ4v) is 4.05. The molecule has 18 heavy (non-hydrogen) atoms. The van der Waals surface area contributed by atoms with Gasteiger partial charge in [-0.2, -0.15) is 0 Å². The summed E-state index contributed by atoms with van der Waals surface area (Å²) in [5.74, 6) is 0. The number of piperidine rings is 2. The first kappa shape index (κ1) is 11.0. The molecular formula is C16H21NO. The zero-order valence-corrected chi connectivity index (χ0v) is 10.8. The first-order valence-electron chi connectivity index (χ1n) is 7.34.